The van der Waals surface area contributed by atoms with Gasteiger partial charge in [-0.2, -0.15) is 39.5 Å². The number of rotatable bonds is 14. The normalized spacial score (nSPS) is 12.6. The lowest BCUT2D eigenvalue weighted by molar-refractivity contribution is -0.280. The van der Waals surface area contributed by atoms with E-state index in [0.717, 1.165) is 6.42 Å². The second-order valence-electron chi connectivity index (χ2n) is 23.4. The van der Waals surface area contributed by atoms with Gasteiger partial charge in [0, 0.05) is 12.0 Å². The molecule has 0 spiro atoms. The van der Waals surface area contributed by atoms with Crippen molar-refractivity contribution in [2.24, 2.45) is 0 Å². The molecule has 10 aromatic carbocycles. The predicted octanol–water partition coefficient (Wildman–Crippen LogP) is 22.6. The van der Waals surface area contributed by atoms with Crippen molar-refractivity contribution in [3.63, 3.8) is 0 Å². The highest BCUT2D eigenvalue weighted by Gasteiger charge is 2.74. The molecule has 10 rings (SSSR count). The molecule has 606 valence electrons. The van der Waals surface area contributed by atoms with E-state index < -0.39 is 341 Å². The van der Waals surface area contributed by atoms with Gasteiger partial charge in [-0.1, -0.05) is 26.2 Å². The summed E-state index contributed by atoms with van der Waals surface area (Å²) in [6.45, 7) is 3.49. The summed E-state index contributed by atoms with van der Waals surface area (Å²) in [6.07, 6.45) is -13.7. The first-order valence-corrected chi connectivity index (χ1v) is 31.0. The van der Waals surface area contributed by atoms with E-state index in [0.29, 0.717) is 19.8 Å². The van der Waals surface area contributed by atoms with Crippen LogP contribution in [0.2, 0.25) is 0 Å². The molecule has 0 aliphatic rings. The van der Waals surface area contributed by atoms with Crippen LogP contribution in [0.3, 0.4) is 0 Å². The Labute approximate surface area is 590 Å². The minimum absolute atomic E-state index is 0.159. The first kappa shape index (κ1) is 88.2. The fourth-order valence-electron chi connectivity index (χ4n) is 12.3. The molecule has 0 saturated carbocycles. The maximum Gasteiger partial charge on any atom is 0.419 e. The lowest BCUT2D eigenvalue weighted by Gasteiger charge is -2.47. The summed E-state index contributed by atoms with van der Waals surface area (Å²) in [6, 6.07) is 0. The Morgan fingerprint density at radius 3 is 0.705 bits per heavy atom. The largest absolute Gasteiger partial charge is 0.419 e. The maximum absolute atomic E-state index is 17.3. The van der Waals surface area contributed by atoms with Crippen molar-refractivity contribution in [2.45, 2.75) is 76.6 Å². The minimum atomic E-state index is -8.05. The van der Waals surface area contributed by atoms with Crippen LogP contribution in [0.15, 0.2) is 0 Å². The molecule has 1 unspecified atom stereocenters. The van der Waals surface area contributed by atoms with Gasteiger partial charge in [-0.25, -0.2) is 158 Å². The van der Waals surface area contributed by atoms with Crippen LogP contribution in [0, 0.1) is 216 Å². The van der Waals surface area contributed by atoms with E-state index in [4.69, 9.17) is 0 Å². The van der Waals surface area contributed by atoms with Crippen LogP contribution in [0.25, 0.3) is 54.2 Å². The van der Waals surface area contributed by atoms with Crippen molar-refractivity contribution in [2.75, 3.05) is 6.16 Å². The molecule has 0 saturated heterocycles. The zero-order valence-electron chi connectivity index (χ0n) is 53.4. The molecule has 0 bridgehead atoms. The Hall–Kier alpha value is -9.42. The fourth-order valence-corrected chi connectivity index (χ4v) is 13.3. The Kier molecular flexibility index (Phi) is 24.0. The molecule has 0 aromatic heterocycles. The van der Waals surface area contributed by atoms with Crippen LogP contribution in [0.1, 0.15) is 57.1 Å². The summed E-state index contributed by atoms with van der Waals surface area (Å²) in [7, 11) is -2.01. The molecule has 0 aliphatic carbocycles. The first-order valence-electron chi connectivity index (χ1n) is 29.6. The minimum Gasteiger partial charge on any atom is -0.207 e. The number of hydrogen-bond acceptors (Lipinski definition) is 0. The van der Waals surface area contributed by atoms with E-state index in [9.17, 15) is 92.2 Å². The third-order valence-corrected chi connectivity index (χ3v) is 18.5. The van der Waals surface area contributed by atoms with E-state index >= 15 is 105 Å². The number of fused-ring (bicyclic) bond motifs is 4. The van der Waals surface area contributed by atoms with Gasteiger partial charge in [0.2, 0.25) is 5.82 Å². The molecule has 10 aromatic rings. The van der Waals surface area contributed by atoms with Crippen LogP contribution in [-0.4, -0.2) is 29.8 Å². The van der Waals surface area contributed by atoms with E-state index in [2.05, 4.69) is 0 Å². The van der Waals surface area contributed by atoms with E-state index in [-0.39, 0.29) is 12.6 Å². The fraction of sp³-hybridized carbons (Fsp3) is 0.200. The molecule has 0 nitrogen and oxygen atoms in total. The number of halogens is 45. The second kappa shape index (κ2) is 30.5. The van der Waals surface area contributed by atoms with Gasteiger partial charge in [-0.05, 0) is 47.4 Å². The molecular formula is C65H23BF45P. The van der Waals surface area contributed by atoms with Gasteiger partial charge < -0.3 is 0 Å². The number of alkyl halides is 9. The summed E-state index contributed by atoms with van der Waals surface area (Å²) < 4.78 is 672. The highest BCUT2D eigenvalue weighted by molar-refractivity contribution is 7.39. The second-order valence-corrected chi connectivity index (χ2v) is 25.3. The third kappa shape index (κ3) is 12.9. The Morgan fingerprint density at radius 1 is 0.241 bits per heavy atom. The number of unbranched alkanes of at least 4 members (excludes halogenated alkanes) is 3. The van der Waals surface area contributed by atoms with Crippen molar-refractivity contribution in [3.05, 3.63) is 221 Å². The predicted molar refractivity (Wildman–Crippen MR) is 304 cm³/mol. The Bertz CT molecular complexity index is 5100. The molecule has 1 atom stereocenters. The highest BCUT2D eigenvalue weighted by atomic mass is 31.1. The summed E-state index contributed by atoms with van der Waals surface area (Å²) in [5.74, 6) is -135. The van der Waals surface area contributed by atoms with Crippen LogP contribution in [-0.2, 0) is 6.18 Å². The van der Waals surface area contributed by atoms with E-state index in [1.165, 1.54) is 6.92 Å². The molecule has 0 N–H and O–H groups in total. The highest BCUT2D eigenvalue weighted by Crippen LogP contribution is 2.56. The van der Waals surface area contributed by atoms with Crippen molar-refractivity contribution in [1.82, 2.24) is 0 Å². The van der Waals surface area contributed by atoms with Crippen LogP contribution < -0.4 is 21.9 Å². The van der Waals surface area contributed by atoms with E-state index in [1.807, 2.05) is 6.92 Å². The molecule has 47 heteroatoms. The summed E-state index contributed by atoms with van der Waals surface area (Å²) in [5, 5.41) is -27.0. The maximum atomic E-state index is 17.3. The van der Waals surface area contributed by atoms with Gasteiger partial charge in [0.15, 0.2) is 180 Å². The summed E-state index contributed by atoms with van der Waals surface area (Å²) >= 11 is 0. The van der Waals surface area contributed by atoms with Crippen molar-refractivity contribution in [1.29, 1.82) is 0 Å². The van der Waals surface area contributed by atoms with Gasteiger partial charge in [-0.3, -0.25) is 0 Å². The number of hydrogen-bond donors (Lipinski definition) is 0. The average molecular weight is 1700 g/mol. The molecule has 0 aliphatic heterocycles. The molecular weight excluding hydrogens is 1680 g/mol. The first-order chi connectivity index (χ1) is 51.4. The van der Waals surface area contributed by atoms with E-state index in [1.54, 1.807) is 0 Å². The Balaban J connectivity index is 0.000000297. The molecule has 112 heavy (non-hydrogen) atoms. The van der Waals surface area contributed by atoms with Crippen molar-refractivity contribution in [3.8, 4) is 11.1 Å². The lowest BCUT2D eigenvalue weighted by Crippen LogP contribution is -2.79. The van der Waals surface area contributed by atoms with Gasteiger partial charge >= 0.3 is 23.7 Å². The van der Waals surface area contributed by atoms with Crippen molar-refractivity contribution < 1.29 is 198 Å². The lowest BCUT2D eigenvalue weighted by atomic mass is 9.11. The zero-order valence-corrected chi connectivity index (χ0v) is 54.6. The molecule has 0 radical (unpaired) electrons. The van der Waals surface area contributed by atoms with Gasteiger partial charge in [0.25, 0.3) is 0 Å². The third-order valence-electron chi connectivity index (χ3n) is 17.2. The number of benzene rings is 10. The zero-order chi connectivity index (χ0) is 85.5. The summed E-state index contributed by atoms with van der Waals surface area (Å²) in [4.78, 5) is 0. The molecule has 0 amide bonds. The topological polar surface area (TPSA) is 0 Å². The standard InChI is InChI=1S/C40BF28.C14H3F11.C11H19F6P/c42-13-1-5(21(50)37(66)33(13)62)17(46)29(58)25(54)9(1)41(10-2-6(18(47)30(59)26(10)55)22(51)38(67)34(63)14(2)43,11-3-7(19(48)31(60)27(11)56)23(52)39(68)35(64)15(3)44)12-4-8(20(49)32(61)28(12)57)24(53)40(69)36(65)16(4)45;1-2-3(4-7(16)11(20)13(22)12(21)8(4)17)5(14(23,24)25)9(18)10(19)6(2)15;1-3-5-6-7-8-9(12,13)10(14,15)11(16,17)18-4-2/h;1H3;18H,3-8H2,1-2H3/q-1;;/p+1. The average Bonchev–Trinajstić information content (AvgIpc) is 0.660. The van der Waals surface area contributed by atoms with Gasteiger partial charge in [0.05, 0.1) is 41.9 Å². The van der Waals surface area contributed by atoms with Crippen LogP contribution in [0.5, 0.6) is 0 Å². The van der Waals surface area contributed by atoms with Gasteiger partial charge in [0.1, 0.15) is 35.0 Å². The smallest absolute Gasteiger partial charge is 0.207 e. The van der Waals surface area contributed by atoms with Crippen LogP contribution in [0.4, 0.5) is 198 Å². The molecule has 0 fully saturated rings. The Morgan fingerprint density at radius 2 is 0.464 bits per heavy atom. The quantitative estimate of drug-likeness (QED) is 0.0254. The SMILES string of the molecule is CCCCCCC(F)(F)C(F)(F)C(F)(F)[PH2+]CC.Cc1c(F)c(F)c(F)c(C(F)(F)F)c1-c1c(F)c(F)c(F)c(F)c1F.Fc1c(F)c(F)c2c([B-](c3c(F)c(F)c(F)c4c(F)c(F)c(F)c(F)c34)(c3c(F)c(F)c(F)c4c(F)c(F)c(F)c(F)c34)c3c(F)c(F)c(F)c4c(F)c(F)c(F)c(F)c34)c(F)c(F)c(F)c2c1F. The van der Waals surface area contributed by atoms with Crippen LogP contribution >= 0.6 is 8.58 Å². The monoisotopic (exact) mass is 1700 g/mol. The van der Waals surface area contributed by atoms with Gasteiger partial charge in [-0.15, -0.1) is 21.9 Å². The molecule has 0 heterocycles. The van der Waals surface area contributed by atoms with Crippen molar-refractivity contribution >= 4 is 79.7 Å². The summed E-state index contributed by atoms with van der Waals surface area (Å²) in [5.41, 5.74) is -28.5.